The largest absolute Gasteiger partial charge is 0.442 e. The van der Waals surface area contributed by atoms with Crippen molar-refractivity contribution >= 4 is 6.09 Å². The maximum Gasteiger partial charge on any atom is 0.435 e. The molecule has 0 aliphatic carbocycles. The first kappa shape index (κ1) is 18.5. The van der Waals surface area contributed by atoms with Crippen LogP contribution in [0.1, 0.15) is 43.0 Å². The zero-order chi connectivity index (χ0) is 18.8. The minimum atomic E-state index is -4.50. The lowest BCUT2D eigenvalue weighted by molar-refractivity contribution is -0.137. The summed E-state index contributed by atoms with van der Waals surface area (Å²) >= 11 is 0. The van der Waals surface area contributed by atoms with Gasteiger partial charge in [0.15, 0.2) is 0 Å². The Morgan fingerprint density at radius 2 is 2.00 bits per heavy atom. The van der Waals surface area contributed by atoms with Crippen molar-refractivity contribution in [2.75, 3.05) is 0 Å². The molecule has 0 bridgehead atoms. The average Bonchev–Trinajstić information content (AvgIpc) is 2.93. The molecule has 25 heavy (non-hydrogen) atoms. The summed E-state index contributed by atoms with van der Waals surface area (Å²) in [6.45, 7) is 5.12. The third-order valence-corrected chi connectivity index (χ3v) is 3.16. The predicted octanol–water partition coefficient (Wildman–Crippen LogP) is 4.15. The summed E-state index contributed by atoms with van der Waals surface area (Å²) in [5.41, 5.74) is -0.695. The quantitative estimate of drug-likeness (QED) is 0.815. The van der Waals surface area contributed by atoms with Crippen LogP contribution in [-0.2, 0) is 17.3 Å². The fourth-order valence-corrected chi connectivity index (χ4v) is 2.11. The van der Waals surface area contributed by atoms with Gasteiger partial charge < -0.3 is 4.74 Å². The van der Waals surface area contributed by atoms with Crippen molar-refractivity contribution < 1.29 is 22.7 Å². The normalized spacial score (nSPS) is 11.9. The number of carbonyl (C=O) groups is 1. The lowest BCUT2D eigenvalue weighted by atomic mass is 9.99. The van der Waals surface area contributed by atoms with Gasteiger partial charge in [-0.05, 0) is 50.1 Å². The number of ether oxygens (including phenoxy) is 1. The summed E-state index contributed by atoms with van der Waals surface area (Å²) in [6.07, 6.45) is -2.43. The standard InChI is InChI=1S/C17H16F3N3O2/c1-16(2,3)25-15(24)23-10-11(9-22-23)6-13-7-14(17(18,19)20)5-4-12(13)8-21/h4-5,7,9-10H,6H2,1-3H3. The van der Waals surface area contributed by atoms with E-state index >= 15 is 0 Å². The van der Waals surface area contributed by atoms with Gasteiger partial charge in [-0.1, -0.05) is 0 Å². The molecule has 0 fully saturated rings. The lowest BCUT2D eigenvalue weighted by Gasteiger charge is -2.18. The zero-order valence-electron chi connectivity index (χ0n) is 13.9. The summed E-state index contributed by atoms with van der Waals surface area (Å²) in [4.78, 5) is 11.9. The molecule has 1 aromatic carbocycles. The summed E-state index contributed by atoms with van der Waals surface area (Å²) in [7, 11) is 0. The molecule has 132 valence electrons. The lowest BCUT2D eigenvalue weighted by Crippen LogP contribution is -2.27. The van der Waals surface area contributed by atoms with Gasteiger partial charge in [-0.25, -0.2) is 4.79 Å². The fraction of sp³-hybridized carbons (Fsp3) is 0.353. The number of rotatable bonds is 2. The second-order valence-electron chi connectivity index (χ2n) is 6.43. The number of nitriles is 1. The van der Waals surface area contributed by atoms with Crippen molar-refractivity contribution in [1.82, 2.24) is 9.78 Å². The molecule has 0 aliphatic rings. The van der Waals surface area contributed by atoms with Crippen LogP contribution >= 0.6 is 0 Å². The van der Waals surface area contributed by atoms with Crippen LogP contribution in [0.4, 0.5) is 18.0 Å². The predicted molar refractivity (Wildman–Crippen MR) is 82.8 cm³/mol. The number of aromatic nitrogens is 2. The van der Waals surface area contributed by atoms with Crippen LogP contribution in [0.15, 0.2) is 30.6 Å². The molecule has 2 aromatic rings. The number of carbonyl (C=O) groups excluding carboxylic acids is 1. The Kier molecular flexibility index (Phi) is 4.88. The van der Waals surface area contributed by atoms with E-state index in [0.717, 1.165) is 22.9 Å². The van der Waals surface area contributed by atoms with E-state index in [1.165, 1.54) is 12.4 Å². The molecule has 0 radical (unpaired) electrons. The molecule has 5 nitrogen and oxygen atoms in total. The molecule has 0 unspecified atom stereocenters. The molecular weight excluding hydrogens is 335 g/mol. The van der Waals surface area contributed by atoms with Crippen LogP contribution in [-0.4, -0.2) is 21.5 Å². The molecule has 0 saturated carbocycles. The molecule has 0 N–H and O–H groups in total. The SMILES string of the molecule is CC(C)(C)OC(=O)n1cc(Cc2cc(C(F)(F)F)ccc2C#N)cn1. The monoisotopic (exact) mass is 351 g/mol. The van der Waals surface area contributed by atoms with Gasteiger partial charge in [0.05, 0.1) is 23.4 Å². The molecule has 1 heterocycles. The van der Waals surface area contributed by atoms with Gasteiger partial charge >= 0.3 is 12.3 Å². The molecule has 0 spiro atoms. The first-order valence-corrected chi connectivity index (χ1v) is 7.37. The first-order valence-electron chi connectivity index (χ1n) is 7.37. The molecule has 0 aliphatic heterocycles. The van der Waals surface area contributed by atoms with Crippen molar-refractivity contribution in [1.29, 1.82) is 5.26 Å². The molecule has 0 atom stereocenters. The Hall–Kier alpha value is -2.82. The molecule has 2 rings (SSSR count). The van der Waals surface area contributed by atoms with Crippen molar-refractivity contribution in [2.45, 2.75) is 39.0 Å². The highest BCUT2D eigenvalue weighted by molar-refractivity contribution is 5.69. The van der Waals surface area contributed by atoms with Gasteiger partial charge in [0.2, 0.25) is 0 Å². The number of halogens is 3. The smallest absolute Gasteiger partial charge is 0.435 e. The Morgan fingerprint density at radius 3 is 2.56 bits per heavy atom. The van der Waals surface area contributed by atoms with Crippen molar-refractivity contribution in [3.8, 4) is 6.07 Å². The van der Waals surface area contributed by atoms with Crippen LogP contribution in [0, 0.1) is 11.3 Å². The number of alkyl halides is 3. The van der Waals surface area contributed by atoms with E-state index in [2.05, 4.69) is 5.10 Å². The van der Waals surface area contributed by atoms with E-state index in [4.69, 9.17) is 10.00 Å². The summed E-state index contributed by atoms with van der Waals surface area (Å²) in [5.74, 6) is 0. The van der Waals surface area contributed by atoms with Gasteiger partial charge in [-0.15, -0.1) is 0 Å². The highest BCUT2D eigenvalue weighted by atomic mass is 19.4. The van der Waals surface area contributed by atoms with Crippen LogP contribution in [0.5, 0.6) is 0 Å². The van der Waals surface area contributed by atoms with Crippen molar-refractivity contribution in [2.24, 2.45) is 0 Å². The van der Waals surface area contributed by atoms with E-state index in [-0.39, 0.29) is 17.5 Å². The Labute approximate surface area is 142 Å². The second kappa shape index (κ2) is 6.59. The minimum Gasteiger partial charge on any atom is -0.442 e. The second-order valence-corrected chi connectivity index (χ2v) is 6.43. The minimum absolute atomic E-state index is 0.0373. The number of hydrogen-bond acceptors (Lipinski definition) is 4. The van der Waals surface area contributed by atoms with E-state index in [0.29, 0.717) is 5.56 Å². The molecule has 0 saturated heterocycles. The van der Waals surface area contributed by atoms with Gasteiger partial charge in [0, 0.05) is 12.6 Å². The summed E-state index contributed by atoms with van der Waals surface area (Å²) < 4.78 is 44.7. The van der Waals surface area contributed by atoms with E-state index in [9.17, 15) is 18.0 Å². The van der Waals surface area contributed by atoms with Crippen molar-refractivity contribution in [3.63, 3.8) is 0 Å². The van der Waals surface area contributed by atoms with Crippen LogP contribution < -0.4 is 0 Å². The van der Waals surface area contributed by atoms with Gasteiger partial charge in [-0.2, -0.15) is 28.2 Å². The highest BCUT2D eigenvalue weighted by Gasteiger charge is 2.31. The maximum atomic E-state index is 12.8. The Bertz CT molecular complexity index is 827. The molecular formula is C17H16F3N3O2. The molecule has 8 heteroatoms. The number of nitrogens with zero attached hydrogens (tertiary/aromatic N) is 3. The maximum absolute atomic E-state index is 12.8. The molecule has 1 aromatic heterocycles. The number of hydrogen-bond donors (Lipinski definition) is 0. The third-order valence-electron chi connectivity index (χ3n) is 3.16. The van der Waals surface area contributed by atoms with Gasteiger partial charge in [0.1, 0.15) is 5.60 Å². The third kappa shape index (κ3) is 4.83. The van der Waals surface area contributed by atoms with Crippen LogP contribution in [0.3, 0.4) is 0 Å². The topological polar surface area (TPSA) is 67.9 Å². The van der Waals surface area contributed by atoms with Crippen LogP contribution in [0.25, 0.3) is 0 Å². The Balaban J connectivity index is 2.26. The van der Waals surface area contributed by atoms with E-state index in [1.807, 2.05) is 6.07 Å². The van der Waals surface area contributed by atoms with E-state index < -0.39 is 23.4 Å². The Morgan fingerprint density at radius 1 is 1.32 bits per heavy atom. The zero-order valence-corrected chi connectivity index (χ0v) is 13.9. The summed E-state index contributed by atoms with van der Waals surface area (Å²) in [6, 6.07) is 4.81. The number of benzene rings is 1. The van der Waals surface area contributed by atoms with Gasteiger partial charge in [0.25, 0.3) is 0 Å². The highest BCUT2D eigenvalue weighted by Crippen LogP contribution is 2.31. The first-order chi connectivity index (χ1) is 11.5. The van der Waals surface area contributed by atoms with Crippen LogP contribution in [0.2, 0.25) is 0 Å². The van der Waals surface area contributed by atoms with E-state index in [1.54, 1.807) is 20.8 Å². The average molecular weight is 351 g/mol. The van der Waals surface area contributed by atoms with Crippen molar-refractivity contribution in [3.05, 3.63) is 52.8 Å². The summed E-state index contributed by atoms with van der Waals surface area (Å²) in [5, 5.41) is 12.9. The fourth-order valence-electron chi connectivity index (χ4n) is 2.11. The van der Waals surface area contributed by atoms with Gasteiger partial charge in [-0.3, -0.25) is 0 Å². The molecule has 0 amide bonds.